The van der Waals surface area contributed by atoms with E-state index in [1.165, 1.54) is 23.9 Å². The number of halogens is 1. The minimum absolute atomic E-state index is 0.0180. The van der Waals surface area contributed by atoms with Crippen molar-refractivity contribution >= 4 is 23.6 Å². The van der Waals surface area contributed by atoms with Crippen LogP contribution in [0.1, 0.15) is 12.8 Å². The average Bonchev–Trinajstić information content (AvgIpc) is 3.62. The molecule has 0 unspecified atom stereocenters. The number of rotatable bonds is 6. The smallest absolute Gasteiger partial charge is 0.233 e. The highest BCUT2D eigenvalue weighted by atomic mass is 32.2. The minimum atomic E-state index is -0.316. The average molecular weight is 466 g/mol. The molecule has 3 aromatic rings. The van der Waals surface area contributed by atoms with Crippen LogP contribution < -0.4 is 0 Å². The lowest BCUT2D eigenvalue weighted by Crippen LogP contribution is -2.51. The summed E-state index contributed by atoms with van der Waals surface area (Å²) in [5.41, 5.74) is 1.60. The summed E-state index contributed by atoms with van der Waals surface area (Å²) in [7, 11) is 0. The van der Waals surface area contributed by atoms with Crippen LogP contribution in [0.2, 0.25) is 0 Å². The second-order valence-corrected chi connectivity index (χ2v) is 9.20. The molecule has 33 heavy (non-hydrogen) atoms. The Labute approximate surface area is 195 Å². The van der Waals surface area contributed by atoms with Gasteiger partial charge in [-0.05, 0) is 49.2 Å². The fourth-order valence-electron chi connectivity index (χ4n) is 3.94. The molecule has 9 heteroatoms. The molecule has 2 aliphatic rings. The Kier molecular flexibility index (Phi) is 6.13. The van der Waals surface area contributed by atoms with Gasteiger partial charge in [-0.15, -0.1) is 10.2 Å². The molecule has 2 amide bonds. The zero-order valence-corrected chi connectivity index (χ0v) is 18.9. The predicted molar refractivity (Wildman–Crippen MR) is 123 cm³/mol. The van der Waals surface area contributed by atoms with E-state index in [2.05, 4.69) is 10.2 Å². The van der Waals surface area contributed by atoms with Crippen LogP contribution in [0.5, 0.6) is 0 Å². The van der Waals surface area contributed by atoms with Crippen LogP contribution in [0.3, 0.4) is 0 Å². The van der Waals surface area contributed by atoms with Gasteiger partial charge in [0.15, 0.2) is 11.0 Å². The monoisotopic (exact) mass is 465 g/mol. The fourth-order valence-corrected chi connectivity index (χ4v) is 4.80. The second-order valence-electron chi connectivity index (χ2n) is 8.25. The van der Waals surface area contributed by atoms with E-state index in [0.717, 1.165) is 24.1 Å². The Morgan fingerprint density at radius 1 is 0.909 bits per heavy atom. The fraction of sp³-hybridized carbons (Fsp3) is 0.333. The van der Waals surface area contributed by atoms with Gasteiger partial charge in [0, 0.05) is 43.3 Å². The van der Waals surface area contributed by atoms with Crippen LogP contribution in [-0.4, -0.2) is 68.3 Å². The van der Waals surface area contributed by atoms with Gasteiger partial charge in [-0.2, -0.15) is 0 Å². The van der Waals surface area contributed by atoms with Gasteiger partial charge in [0.25, 0.3) is 0 Å². The van der Waals surface area contributed by atoms with Crippen molar-refractivity contribution in [3.8, 4) is 17.1 Å². The molecule has 0 radical (unpaired) electrons. The van der Waals surface area contributed by atoms with Crippen molar-refractivity contribution in [2.45, 2.75) is 18.0 Å². The highest BCUT2D eigenvalue weighted by Gasteiger charge is 2.35. The Morgan fingerprint density at radius 2 is 1.58 bits per heavy atom. The molecule has 1 saturated carbocycles. The summed E-state index contributed by atoms with van der Waals surface area (Å²) in [6, 6.07) is 15.8. The molecule has 1 saturated heterocycles. The van der Waals surface area contributed by atoms with Gasteiger partial charge in [-0.1, -0.05) is 30.0 Å². The summed E-state index contributed by atoms with van der Waals surface area (Å²) in [6.45, 7) is 2.31. The lowest BCUT2D eigenvalue weighted by Gasteiger charge is -2.34. The van der Waals surface area contributed by atoms with Crippen LogP contribution in [0, 0.1) is 11.7 Å². The third kappa shape index (κ3) is 4.78. The third-order valence-electron chi connectivity index (χ3n) is 5.95. The van der Waals surface area contributed by atoms with E-state index in [1.807, 2.05) is 44.7 Å². The van der Waals surface area contributed by atoms with Crippen LogP contribution in [0.15, 0.2) is 59.8 Å². The van der Waals surface area contributed by atoms with Crippen molar-refractivity contribution in [2.75, 3.05) is 31.9 Å². The van der Waals surface area contributed by atoms with Crippen molar-refractivity contribution < 1.29 is 14.0 Å². The Hall–Kier alpha value is -3.20. The summed E-state index contributed by atoms with van der Waals surface area (Å²) in [4.78, 5) is 28.8. The lowest BCUT2D eigenvalue weighted by molar-refractivity contribution is -0.139. The first kappa shape index (κ1) is 21.6. The van der Waals surface area contributed by atoms with Gasteiger partial charge in [0.2, 0.25) is 11.8 Å². The van der Waals surface area contributed by atoms with Crippen LogP contribution >= 0.6 is 11.8 Å². The third-order valence-corrected chi connectivity index (χ3v) is 6.86. The summed E-state index contributed by atoms with van der Waals surface area (Å²) in [5, 5.41) is 9.26. The van der Waals surface area contributed by atoms with E-state index in [4.69, 9.17) is 0 Å². The number of carbonyl (C=O) groups is 2. The van der Waals surface area contributed by atoms with Gasteiger partial charge < -0.3 is 9.80 Å². The maximum Gasteiger partial charge on any atom is 0.233 e. The molecular formula is C24H24FN5O2S. The lowest BCUT2D eigenvalue weighted by atomic mass is 10.2. The van der Waals surface area contributed by atoms with E-state index in [9.17, 15) is 14.0 Å². The first-order valence-electron chi connectivity index (χ1n) is 11.1. The molecule has 2 heterocycles. The highest BCUT2D eigenvalue weighted by molar-refractivity contribution is 7.99. The van der Waals surface area contributed by atoms with Gasteiger partial charge in [0.05, 0.1) is 5.75 Å². The van der Waals surface area contributed by atoms with Crippen LogP contribution in [0.25, 0.3) is 17.1 Å². The summed E-state index contributed by atoms with van der Waals surface area (Å²) in [5.74, 6) is 0.963. The minimum Gasteiger partial charge on any atom is -0.339 e. The van der Waals surface area contributed by atoms with Gasteiger partial charge >= 0.3 is 0 Å². The molecule has 0 bridgehead atoms. The van der Waals surface area contributed by atoms with E-state index in [1.54, 1.807) is 12.1 Å². The molecule has 1 aliphatic heterocycles. The summed E-state index contributed by atoms with van der Waals surface area (Å²) < 4.78 is 15.3. The quantitative estimate of drug-likeness (QED) is 0.523. The molecule has 7 nitrogen and oxygen atoms in total. The molecule has 2 aromatic carbocycles. The number of aromatic nitrogens is 3. The first-order valence-corrected chi connectivity index (χ1v) is 12.0. The predicted octanol–water partition coefficient (Wildman–Crippen LogP) is 3.25. The zero-order chi connectivity index (χ0) is 22.8. The number of piperazine rings is 1. The van der Waals surface area contributed by atoms with Crippen LogP contribution in [0.4, 0.5) is 4.39 Å². The number of thioether (sulfide) groups is 1. The topological polar surface area (TPSA) is 71.3 Å². The molecule has 1 aliphatic carbocycles. The van der Waals surface area contributed by atoms with Gasteiger partial charge in [-0.25, -0.2) is 4.39 Å². The SMILES string of the molecule is O=C(CSc1nnc(-c2ccc(F)cc2)n1-c1ccccc1)N1CCN(C(=O)C2CC2)CC1. The van der Waals surface area contributed by atoms with E-state index < -0.39 is 0 Å². The number of hydrogen-bond donors (Lipinski definition) is 0. The zero-order valence-electron chi connectivity index (χ0n) is 18.1. The molecule has 170 valence electrons. The number of carbonyl (C=O) groups excluding carboxylic acids is 2. The second kappa shape index (κ2) is 9.35. The van der Waals surface area contributed by atoms with Crippen molar-refractivity contribution in [3.63, 3.8) is 0 Å². The largest absolute Gasteiger partial charge is 0.339 e. The van der Waals surface area contributed by atoms with Crippen molar-refractivity contribution in [3.05, 3.63) is 60.4 Å². The number of hydrogen-bond acceptors (Lipinski definition) is 5. The van der Waals surface area contributed by atoms with Gasteiger partial charge in [-0.3, -0.25) is 14.2 Å². The number of nitrogens with zero attached hydrogens (tertiary/aromatic N) is 5. The van der Waals surface area contributed by atoms with Gasteiger partial charge in [0.1, 0.15) is 5.82 Å². The summed E-state index contributed by atoms with van der Waals surface area (Å²) in [6.07, 6.45) is 1.99. The Balaban J connectivity index is 1.29. The van der Waals surface area contributed by atoms with Crippen LogP contribution in [-0.2, 0) is 9.59 Å². The first-order chi connectivity index (χ1) is 16.1. The normalized spacial score (nSPS) is 16.2. The molecule has 2 fully saturated rings. The van der Waals surface area contributed by atoms with E-state index in [-0.39, 0.29) is 29.3 Å². The Bertz CT molecular complexity index is 1140. The molecular weight excluding hydrogens is 441 g/mol. The number of benzene rings is 2. The molecule has 0 atom stereocenters. The Morgan fingerprint density at radius 3 is 2.24 bits per heavy atom. The summed E-state index contributed by atoms with van der Waals surface area (Å²) >= 11 is 1.33. The van der Waals surface area contributed by atoms with E-state index in [0.29, 0.717) is 37.2 Å². The molecule has 1 aromatic heterocycles. The molecule has 0 N–H and O–H groups in total. The van der Waals surface area contributed by atoms with Crippen molar-refractivity contribution in [1.29, 1.82) is 0 Å². The molecule has 5 rings (SSSR count). The maximum atomic E-state index is 13.4. The maximum absolute atomic E-state index is 13.4. The van der Waals surface area contributed by atoms with E-state index >= 15 is 0 Å². The van der Waals surface area contributed by atoms with Crippen molar-refractivity contribution in [2.24, 2.45) is 5.92 Å². The molecule has 0 spiro atoms. The number of amides is 2. The highest BCUT2D eigenvalue weighted by Crippen LogP contribution is 2.31. The standard InChI is InChI=1S/C24H24FN5O2S/c25-19-10-8-17(9-11-19)22-26-27-24(30(22)20-4-2-1-3-5-20)33-16-21(31)28-12-14-29(15-13-28)23(32)18-6-7-18/h1-5,8-11,18H,6-7,12-16H2. The number of para-hydroxylation sites is 1. The van der Waals surface area contributed by atoms with Crippen molar-refractivity contribution in [1.82, 2.24) is 24.6 Å².